The second-order valence-electron chi connectivity index (χ2n) is 6.19. The monoisotopic (exact) mass is 400 g/mol. The van der Waals surface area contributed by atoms with Crippen LogP contribution in [0.25, 0.3) is 6.08 Å². The molecule has 1 N–H and O–H groups in total. The molecule has 3 rings (SSSR count). The van der Waals surface area contributed by atoms with Crippen molar-refractivity contribution in [1.29, 1.82) is 0 Å². The van der Waals surface area contributed by atoms with Crippen molar-refractivity contribution in [3.63, 3.8) is 0 Å². The first-order valence-corrected chi connectivity index (χ1v) is 10.2. The molecule has 1 aliphatic rings. The first-order valence-electron chi connectivity index (χ1n) is 8.74. The van der Waals surface area contributed by atoms with E-state index in [1.165, 1.54) is 6.08 Å². The predicted octanol–water partition coefficient (Wildman–Crippen LogP) is 2.44. The van der Waals surface area contributed by atoms with E-state index in [2.05, 4.69) is 0 Å². The highest BCUT2D eigenvalue weighted by molar-refractivity contribution is 7.92. The van der Waals surface area contributed by atoms with Gasteiger partial charge in [-0.25, -0.2) is 9.03 Å². The van der Waals surface area contributed by atoms with Crippen LogP contribution < -0.4 is 13.8 Å². The topological polar surface area (TPSA) is 92.8 Å². The molecule has 0 spiro atoms. The summed E-state index contributed by atoms with van der Waals surface area (Å²) in [6.45, 7) is 1.68. The molecule has 7 nitrogen and oxygen atoms in total. The van der Waals surface area contributed by atoms with Gasteiger partial charge >= 0.3 is 10.2 Å². The molecule has 8 heteroatoms. The number of amides is 1. The van der Waals surface area contributed by atoms with Gasteiger partial charge in [0.15, 0.2) is 5.78 Å². The average Bonchev–Trinajstić information content (AvgIpc) is 2.97. The number of ketones is 1. The lowest BCUT2D eigenvalue weighted by Crippen LogP contribution is -2.29. The van der Waals surface area contributed by atoms with Gasteiger partial charge in [-0.3, -0.25) is 9.59 Å². The molecule has 0 aliphatic carbocycles. The van der Waals surface area contributed by atoms with Crippen molar-refractivity contribution in [2.45, 2.75) is 20.0 Å². The summed E-state index contributed by atoms with van der Waals surface area (Å²) in [6.07, 6.45) is 3.51. The van der Waals surface area contributed by atoms with Crippen molar-refractivity contribution >= 4 is 33.7 Å². The van der Waals surface area contributed by atoms with Crippen molar-refractivity contribution in [2.75, 3.05) is 10.8 Å². The summed E-state index contributed by atoms with van der Waals surface area (Å²) in [5.41, 5.74) is 1.85. The van der Waals surface area contributed by atoms with Gasteiger partial charge in [-0.15, -0.1) is 0 Å². The number of benzene rings is 2. The van der Waals surface area contributed by atoms with Gasteiger partial charge in [0, 0.05) is 6.42 Å². The maximum Gasteiger partial charge on any atom is 0.326 e. The number of hydrogen-bond donors (Lipinski definition) is 1. The zero-order valence-electron chi connectivity index (χ0n) is 15.3. The summed E-state index contributed by atoms with van der Waals surface area (Å²) in [7, 11) is -3.96. The van der Waals surface area contributed by atoms with Crippen molar-refractivity contribution in [3.05, 3.63) is 65.7 Å². The van der Waals surface area contributed by atoms with Gasteiger partial charge in [0.05, 0.1) is 5.69 Å². The Bertz CT molecular complexity index is 1020. The van der Waals surface area contributed by atoms with Gasteiger partial charge in [-0.2, -0.15) is 8.42 Å². The second-order valence-corrected chi connectivity index (χ2v) is 7.79. The number of nitrogens with one attached hydrogen (secondary N) is 1. The fraction of sp³-hybridized carbons (Fsp3) is 0.200. The molecule has 1 aliphatic heterocycles. The number of anilines is 1. The Hall–Kier alpha value is -3.13. The fourth-order valence-electron chi connectivity index (χ4n) is 2.66. The third kappa shape index (κ3) is 4.58. The largest absolute Gasteiger partial charge is 0.487 e. The standard InChI is InChI=1S/C20H20N2O5S/c1-2-17(23)10-8-15-9-11-18(22-13-20(24)21-28(22,25)26)19(12-15)27-14-16-6-4-3-5-7-16/h3-12H,2,13-14H2,1H3,(H,21,24)/b10-8+. The highest BCUT2D eigenvalue weighted by atomic mass is 32.2. The maximum atomic E-state index is 12.2. The smallest absolute Gasteiger partial charge is 0.326 e. The molecule has 1 saturated heterocycles. The SMILES string of the molecule is CCC(=O)/C=C/c1ccc(N2CC(=O)NS2(=O)=O)c(OCc2ccccc2)c1. The first kappa shape index (κ1) is 19.6. The van der Waals surface area contributed by atoms with E-state index in [1.807, 2.05) is 35.1 Å². The molecule has 146 valence electrons. The Morgan fingerprint density at radius 1 is 1.21 bits per heavy atom. The molecule has 0 radical (unpaired) electrons. The molecule has 2 aromatic rings. The Morgan fingerprint density at radius 2 is 1.96 bits per heavy atom. The molecule has 0 bridgehead atoms. The average molecular weight is 400 g/mol. The van der Waals surface area contributed by atoms with Crippen LogP contribution in [0.4, 0.5) is 5.69 Å². The molecule has 0 saturated carbocycles. The Labute approximate surface area is 163 Å². The summed E-state index contributed by atoms with van der Waals surface area (Å²) < 4.78 is 33.2. The highest BCUT2D eigenvalue weighted by Crippen LogP contribution is 2.33. The van der Waals surface area contributed by atoms with Crippen molar-refractivity contribution in [1.82, 2.24) is 4.72 Å². The number of rotatable bonds is 7. The third-order valence-electron chi connectivity index (χ3n) is 4.12. The van der Waals surface area contributed by atoms with E-state index in [0.29, 0.717) is 17.7 Å². The molecule has 1 amide bonds. The van der Waals surface area contributed by atoms with Gasteiger partial charge in [0.1, 0.15) is 18.9 Å². The lowest BCUT2D eigenvalue weighted by molar-refractivity contribution is -0.117. The minimum Gasteiger partial charge on any atom is -0.487 e. The van der Waals surface area contributed by atoms with E-state index >= 15 is 0 Å². The maximum absolute atomic E-state index is 12.2. The van der Waals surface area contributed by atoms with Crippen LogP contribution >= 0.6 is 0 Å². The van der Waals surface area contributed by atoms with Gasteiger partial charge in [0.2, 0.25) is 0 Å². The first-order chi connectivity index (χ1) is 13.4. The highest BCUT2D eigenvalue weighted by Gasteiger charge is 2.35. The van der Waals surface area contributed by atoms with Crippen molar-refractivity contribution in [3.8, 4) is 5.75 Å². The minimum atomic E-state index is -3.96. The van der Waals surface area contributed by atoms with Crippen LogP contribution in [0.15, 0.2) is 54.6 Å². The van der Waals surface area contributed by atoms with Crippen LogP contribution in [0.1, 0.15) is 24.5 Å². The lowest BCUT2D eigenvalue weighted by atomic mass is 10.1. The van der Waals surface area contributed by atoms with Crippen LogP contribution in [0, 0.1) is 0 Å². The van der Waals surface area contributed by atoms with Gasteiger partial charge in [0.25, 0.3) is 5.91 Å². The van der Waals surface area contributed by atoms with Crippen LogP contribution in [0.3, 0.4) is 0 Å². The molecule has 28 heavy (non-hydrogen) atoms. The van der Waals surface area contributed by atoms with E-state index in [-0.39, 0.29) is 24.6 Å². The Balaban J connectivity index is 1.94. The van der Waals surface area contributed by atoms with E-state index in [9.17, 15) is 18.0 Å². The summed E-state index contributed by atoms with van der Waals surface area (Å²) >= 11 is 0. The normalized spacial score (nSPS) is 15.6. The Morgan fingerprint density at radius 3 is 2.61 bits per heavy atom. The number of nitrogens with zero attached hydrogens (tertiary/aromatic N) is 1. The van der Waals surface area contributed by atoms with E-state index < -0.39 is 16.1 Å². The number of carbonyl (C=O) groups is 2. The third-order valence-corrected chi connectivity index (χ3v) is 5.51. The predicted molar refractivity (Wildman–Crippen MR) is 106 cm³/mol. The van der Waals surface area contributed by atoms with Crippen molar-refractivity contribution in [2.24, 2.45) is 0 Å². The molecular formula is C20H20N2O5S. The quantitative estimate of drug-likeness (QED) is 0.721. The van der Waals surface area contributed by atoms with Crippen LogP contribution in [-0.4, -0.2) is 26.7 Å². The van der Waals surface area contributed by atoms with Gasteiger partial charge in [-0.05, 0) is 29.3 Å². The van der Waals surface area contributed by atoms with E-state index in [0.717, 1.165) is 9.87 Å². The van der Waals surface area contributed by atoms with Crippen LogP contribution in [0.5, 0.6) is 5.75 Å². The number of carbonyl (C=O) groups excluding carboxylic acids is 2. The molecule has 0 atom stereocenters. The summed E-state index contributed by atoms with van der Waals surface area (Å²) in [6, 6.07) is 14.3. The summed E-state index contributed by atoms with van der Waals surface area (Å²) in [5, 5.41) is 0. The molecule has 1 fully saturated rings. The lowest BCUT2D eigenvalue weighted by Gasteiger charge is -2.19. The second kappa shape index (κ2) is 8.26. The van der Waals surface area contributed by atoms with Crippen molar-refractivity contribution < 1.29 is 22.7 Å². The number of ether oxygens (including phenoxy) is 1. The summed E-state index contributed by atoms with van der Waals surface area (Å²) in [4.78, 5) is 23.1. The molecular weight excluding hydrogens is 380 g/mol. The molecule has 0 unspecified atom stereocenters. The van der Waals surface area contributed by atoms with Crippen LogP contribution in [-0.2, 0) is 26.4 Å². The van der Waals surface area contributed by atoms with Gasteiger partial charge in [-0.1, -0.05) is 49.4 Å². The Kier molecular flexibility index (Phi) is 5.79. The fourth-order valence-corrected chi connectivity index (χ4v) is 3.82. The van der Waals surface area contributed by atoms with Gasteiger partial charge < -0.3 is 4.74 Å². The zero-order chi connectivity index (χ0) is 20.1. The number of allylic oxidation sites excluding steroid dienone is 1. The van der Waals surface area contributed by atoms with E-state index in [4.69, 9.17) is 4.74 Å². The molecule has 2 aromatic carbocycles. The van der Waals surface area contributed by atoms with Crippen LogP contribution in [0.2, 0.25) is 0 Å². The van der Waals surface area contributed by atoms with E-state index in [1.54, 1.807) is 31.2 Å². The molecule has 1 heterocycles. The molecule has 0 aromatic heterocycles. The zero-order valence-corrected chi connectivity index (χ0v) is 16.1. The minimum absolute atomic E-state index is 0.0206. The number of hydrogen-bond acceptors (Lipinski definition) is 5. The summed E-state index contributed by atoms with van der Waals surface area (Å²) in [5.74, 6) is -0.325.